The van der Waals surface area contributed by atoms with Crippen LogP contribution >= 0.6 is 0 Å². The van der Waals surface area contributed by atoms with E-state index in [-0.39, 0.29) is 34.7 Å². The van der Waals surface area contributed by atoms with Crippen LogP contribution in [0, 0.1) is 23.7 Å². The number of allylic oxidation sites excluding steroid dienone is 2. The SMILES string of the molecule is CC(C)(C)NC(=O)CCC1C2C=CC(C2)C1C(=O)NC(C)(C)C. The predicted octanol–water partition coefficient (Wildman–Crippen LogP) is 3.03. The lowest BCUT2D eigenvalue weighted by atomic mass is 9.79. The zero-order chi connectivity index (χ0) is 17.4. The molecule has 0 heterocycles. The van der Waals surface area contributed by atoms with Gasteiger partial charge in [-0.2, -0.15) is 0 Å². The molecule has 2 aliphatic rings. The van der Waals surface area contributed by atoms with E-state index in [9.17, 15) is 9.59 Å². The van der Waals surface area contributed by atoms with Crippen molar-refractivity contribution in [1.29, 1.82) is 0 Å². The minimum atomic E-state index is -0.212. The summed E-state index contributed by atoms with van der Waals surface area (Å²) in [5.41, 5.74) is -0.411. The van der Waals surface area contributed by atoms with Gasteiger partial charge >= 0.3 is 0 Å². The molecule has 2 amide bonds. The third-order valence-corrected chi connectivity index (χ3v) is 4.64. The summed E-state index contributed by atoms with van der Waals surface area (Å²) in [6.07, 6.45) is 6.79. The van der Waals surface area contributed by atoms with Gasteiger partial charge in [0.2, 0.25) is 11.8 Å². The van der Waals surface area contributed by atoms with E-state index in [0.29, 0.717) is 18.3 Å². The molecule has 0 aliphatic heterocycles. The van der Waals surface area contributed by atoms with Crippen molar-refractivity contribution in [2.24, 2.45) is 23.7 Å². The number of carbonyl (C=O) groups is 2. The van der Waals surface area contributed by atoms with Gasteiger partial charge in [0.1, 0.15) is 0 Å². The highest BCUT2D eigenvalue weighted by Gasteiger charge is 2.48. The van der Waals surface area contributed by atoms with Gasteiger partial charge in [0, 0.05) is 23.4 Å². The van der Waals surface area contributed by atoms with E-state index in [1.54, 1.807) is 0 Å². The quantitative estimate of drug-likeness (QED) is 0.782. The lowest BCUT2D eigenvalue weighted by Crippen LogP contribution is -2.47. The monoisotopic (exact) mass is 320 g/mol. The summed E-state index contributed by atoms with van der Waals surface area (Å²) >= 11 is 0. The molecule has 4 heteroatoms. The first kappa shape index (κ1) is 18.0. The molecule has 2 aliphatic carbocycles. The fourth-order valence-corrected chi connectivity index (χ4v) is 3.94. The lowest BCUT2D eigenvalue weighted by molar-refractivity contribution is -0.129. The molecule has 4 atom stereocenters. The smallest absolute Gasteiger partial charge is 0.224 e. The fraction of sp³-hybridized carbons (Fsp3) is 0.789. The molecule has 2 bridgehead atoms. The summed E-state index contributed by atoms with van der Waals surface area (Å²) in [6.45, 7) is 12.0. The molecule has 2 rings (SSSR count). The maximum Gasteiger partial charge on any atom is 0.224 e. The molecule has 0 aromatic carbocycles. The molecule has 4 unspecified atom stereocenters. The van der Waals surface area contributed by atoms with Crippen molar-refractivity contribution < 1.29 is 9.59 Å². The van der Waals surface area contributed by atoms with Crippen LogP contribution in [0.3, 0.4) is 0 Å². The van der Waals surface area contributed by atoms with Crippen LogP contribution in [0.25, 0.3) is 0 Å². The minimum absolute atomic E-state index is 0.0201. The van der Waals surface area contributed by atoms with Crippen LogP contribution in [0.1, 0.15) is 60.8 Å². The van der Waals surface area contributed by atoms with Crippen molar-refractivity contribution in [2.75, 3.05) is 0 Å². The van der Waals surface area contributed by atoms with E-state index < -0.39 is 0 Å². The van der Waals surface area contributed by atoms with Crippen LogP contribution in [-0.4, -0.2) is 22.9 Å². The van der Waals surface area contributed by atoms with E-state index in [0.717, 1.165) is 12.8 Å². The normalized spacial score (nSPS) is 29.7. The number of fused-ring (bicyclic) bond motifs is 2. The molecule has 0 radical (unpaired) electrons. The number of rotatable bonds is 4. The topological polar surface area (TPSA) is 58.2 Å². The Labute approximate surface area is 140 Å². The third kappa shape index (κ3) is 4.82. The molecule has 0 aromatic rings. The number of hydrogen-bond donors (Lipinski definition) is 2. The van der Waals surface area contributed by atoms with Gasteiger partial charge in [0.05, 0.1) is 0 Å². The Balaban J connectivity index is 1.98. The summed E-state index contributed by atoms with van der Waals surface area (Å²) in [6, 6.07) is 0. The summed E-state index contributed by atoms with van der Waals surface area (Å²) in [7, 11) is 0. The van der Waals surface area contributed by atoms with Gasteiger partial charge in [-0.25, -0.2) is 0 Å². The van der Waals surface area contributed by atoms with Crippen molar-refractivity contribution in [3.05, 3.63) is 12.2 Å². The summed E-state index contributed by atoms with van der Waals surface area (Å²) in [5, 5.41) is 6.14. The third-order valence-electron chi connectivity index (χ3n) is 4.64. The number of amides is 2. The van der Waals surface area contributed by atoms with E-state index in [2.05, 4.69) is 22.8 Å². The first-order valence-corrected chi connectivity index (χ1v) is 8.78. The van der Waals surface area contributed by atoms with Gasteiger partial charge in [-0.05, 0) is 72.1 Å². The Bertz CT molecular complexity index is 496. The second kappa shape index (κ2) is 6.29. The Hall–Kier alpha value is -1.32. The number of hydrogen-bond acceptors (Lipinski definition) is 2. The van der Waals surface area contributed by atoms with Crippen molar-refractivity contribution in [3.8, 4) is 0 Å². The molecule has 0 spiro atoms. The standard InChI is InChI=1S/C19H32N2O2/c1-18(2,3)20-15(22)10-9-14-12-7-8-13(11-12)16(14)17(23)21-19(4,5)6/h7-8,12-14,16H,9-11H2,1-6H3,(H,20,22)(H,21,23). The highest BCUT2D eigenvalue weighted by Crippen LogP contribution is 2.50. The molecule has 2 N–H and O–H groups in total. The van der Waals surface area contributed by atoms with Crippen LogP contribution in [0.4, 0.5) is 0 Å². The molecular weight excluding hydrogens is 288 g/mol. The van der Waals surface area contributed by atoms with Crippen LogP contribution in [0.2, 0.25) is 0 Å². The van der Waals surface area contributed by atoms with E-state index in [1.807, 2.05) is 41.5 Å². The Morgan fingerprint density at radius 3 is 2.09 bits per heavy atom. The van der Waals surface area contributed by atoms with Crippen molar-refractivity contribution in [3.63, 3.8) is 0 Å². The average Bonchev–Trinajstić information content (AvgIpc) is 2.91. The van der Waals surface area contributed by atoms with Gasteiger partial charge in [0.15, 0.2) is 0 Å². The van der Waals surface area contributed by atoms with Gasteiger partial charge < -0.3 is 10.6 Å². The second-order valence-electron chi connectivity index (χ2n) is 9.21. The zero-order valence-corrected chi connectivity index (χ0v) is 15.4. The van der Waals surface area contributed by atoms with E-state index in [4.69, 9.17) is 0 Å². The summed E-state index contributed by atoms with van der Waals surface area (Å²) < 4.78 is 0. The fourth-order valence-electron chi connectivity index (χ4n) is 3.94. The highest BCUT2D eigenvalue weighted by atomic mass is 16.2. The maximum atomic E-state index is 12.7. The molecule has 4 nitrogen and oxygen atoms in total. The van der Waals surface area contributed by atoms with Crippen molar-refractivity contribution in [2.45, 2.75) is 71.9 Å². The molecule has 1 saturated carbocycles. The average molecular weight is 320 g/mol. The van der Waals surface area contributed by atoms with Crippen LogP contribution in [0.5, 0.6) is 0 Å². The predicted molar refractivity (Wildman–Crippen MR) is 92.7 cm³/mol. The largest absolute Gasteiger partial charge is 0.352 e. The van der Waals surface area contributed by atoms with Gasteiger partial charge in [0.25, 0.3) is 0 Å². The van der Waals surface area contributed by atoms with Gasteiger partial charge in [-0.15, -0.1) is 0 Å². The van der Waals surface area contributed by atoms with Crippen LogP contribution < -0.4 is 10.6 Å². The molecule has 1 fully saturated rings. The summed E-state index contributed by atoms with van der Waals surface area (Å²) in [5.74, 6) is 1.34. The van der Waals surface area contributed by atoms with Crippen molar-refractivity contribution in [1.82, 2.24) is 10.6 Å². The summed E-state index contributed by atoms with van der Waals surface area (Å²) in [4.78, 5) is 24.8. The van der Waals surface area contributed by atoms with Gasteiger partial charge in [-0.1, -0.05) is 12.2 Å². The Morgan fingerprint density at radius 2 is 1.52 bits per heavy atom. The Kier molecular flexibility index (Phi) is 4.93. The van der Waals surface area contributed by atoms with Crippen LogP contribution in [-0.2, 0) is 9.59 Å². The maximum absolute atomic E-state index is 12.7. The van der Waals surface area contributed by atoms with Gasteiger partial charge in [-0.3, -0.25) is 9.59 Å². The van der Waals surface area contributed by atoms with E-state index >= 15 is 0 Å². The van der Waals surface area contributed by atoms with E-state index in [1.165, 1.54) is 0 Å². The molecule has 0 saturated heterocycles. The molecule has 0 aromatic heterocycles. The number of nitrogens with one attached hydrogen (secondary N) is 2. The van der Waals surface area contributed by atoms with Crippen molar-refractivity contribution >= 4 is 11.8 Å². The zero-order valence-electron chi connectivity index (χ0n) is 15.4. The first-order valence-electron chi connectivity index (χ1n) is 8.78. The first-order chi connectivity index (χ1) is 10.5. The highest BCUT2D eigenvalue weighted by molar-refractivity contribution is 5.81. The van der Waals surface area contributed by atoms with Crippen LogP contribution in [0.15, 0.2) is 12.2 Å². The molecular formula is C19H32N2O2. The number of carbonyl (C=O) groups excluding carboxylic acids is 2. The molecule has 23 heavy (non-hydrogen) atoms. The molecule has 130 valence electrons. The second-order valence-corrected chi connectivity index (χ2v) is 9.21. The lowest BCUT2D eigenvalue weighted by Gasteiger charge is -2.31. The minimum Gasteiger partial charge on any atom is -0.352 e. The Morgan fingerprint density at radius 1 is 0.957 bits per heavy atom.